The summed E-state index contributed by atoms with van der Waals surface area (Å²) in [5.74, 6) is 0.140. The van der Waals surface area contributed by atoms with Crippen LogP contribution < -0.4 is 19.1 Å². The molecule has 0 aromatic heterocycles. The molecule has 7 heteroatoms. The van der Waals surface area contributed by atoms with Crippen molar-refractivity contribution < 1.29 is 28.9 Å². The third-order valence-electron chi connectivity index (χ3n) is 7.04. The molecule has 7 nitrogen and oxygen atoms in total. The van der Waals surface area contributed by atoms with E-state index in [1.54, 1.807) is 66.7 Å². The first kappa shape index (κ1) is 28.5. The van der Waals surface area contributed by atoms with E-state index in [0.717, 1.165) is 11.1 Å². The van der Waals surface area contributed by atoms with Gasteiger partial charge >= 0.3 is 0 Å². The van der Waals surface area contributed by atoms with Gasteiger partial charge in [0.25, 0.3) is 11.7 Å². The number of aliphatic hydroxyl groups excluding tert-OH is 1. The van der Waals surface area contributed by atoms with Crippen LogP contribution in [-0.2, 0) is 16.2 Å². The second-order valence-electron chi connectivity index (χ2n) is 9.86. The highest BCUT2D eigenvalue weighted by atomic mass is 16.5. The fourth-order valence-electron chi connectivity index (χ4n) is 5.07. The number of nitrogens with zero attached hydrogens (tertiary/aromatic N) is 1. The van der Waals surface area contributed by atoms with Gasteiger partial charge in [0.1, 0.15) is 29.6 Å². The van der Waals surface area contributed by atoms with Crippen LogP contribution in [-0.4, -0.2) is 30.0 Å². The predicted octanol–water partition coefficient (Wildman–Crippen LogP) is 7.00. The molecule has 0 spiro atoms. The Bertz CT molecular complexity index is 1610. The van der Waals surface area contributed by atoms with E-state index < -0.39 is 17.7 Å². The molecule has 4 aromatic carbocycles. The number of Topliss-reactive ketones (excluding diaryl/α,β-unsaturated/α-hetero) is 1. The number of aryl methyl sites for hydroxylation is 1. The SMILES string of the molecule is CCOc1ccc(C2/C(=C(\O)c3ccc(OCc4ccccc4)c(C)c3)C(=O)C(=O)N2c2cccc(OCC)c2)cc1. The first-order valence-electron chi connectivity index (χ1n) is 14.0. The third-order valence-corrected chi connectivity index (χ3v) is 7.04. The first-order chi connectivity index (χ1) is 20.4. The van der Waals surface area contributed by atoms with Crippen molar-refractivity contribution in [1.82, 2.24) is 0 Å². The van der Waals surface area contributed by atoms with E-state index >= 15 is 0 Å². The maximum atomic E-state index is 13.6. The van der Waals surface area contributed by atoms with Crippen molar-refractivity contribution in [2.24, 2.45) is 0 Å². The number of hydrogen-bond donors (Lipinski definition) is 1. The molecule has 1 aliphatic rings. The zero-order chi connectivity index (χ0) is 29.6. The third kappa shape index (κ3) is 5.86. The average Bonchev–Trinajstić information content (AvgIpc) is 3.27. The second kappa shape index (κ2) is 12.6. The maximum absolute atomic E-state index is 13.6. The van der Waals surface area contributed by atoms with Crippen LogP contribution in [0.4, 0.5) is 5.69 Å². The Hall–Kier alpha value is -5.04. The van der Waals surface area contributed by atoms with E-state index in [-0.39, 0.29) is 11.3 Å². The number of ketones is 1. The largest absolute Gasteiger partial charge is 0.507 e. The summed E-state index contributed by atoms with van der Waals surface area (Å²) in [5, 5.41) is 11.6. The fraction of sp³-hybridized carbons (Fsp3) is 0.200. The summed E-state index contributed by atoms with van der Waals surface area (Å²) in [6.07, 6.45) is 0. The number of benzene rings is 4. The minimum atomic E-state index is -0.869. The van der Waals surface area contributed by atoms with Gasteiger partial charge < -0.3 is 19.3 Å². The molecule has 1 heterocycles. The number of amides is 1. The summed E-state index contributed by atoms with van der Waals surface area (Å²) in [5.41, 5.74) is 3.38. The van der Waals surface area contributed by atoms with Crippen molar-refractivity contribution >= 4 is 23.1 Å². The highest BCUT2D eigenvalue weighted by Gasteiger charge is 2.47. The quantitative estimate of drug-likeness (QED) is 0.127. The monoisotopic (exact) mass is 563 g/mol. The van der Waals surface area contributed by atoms with Gasteiger partial charge in [0, 0.05) is 17.3 Å². The molecule has 1 amide bonds. The molecule has 0 saturated carbocycles. The van der Waals surface area contributed by atoms with E-state index in [1.807, 2.05) is 51.1 Å². The Kier molecular flexibility index (Phi) is 8.58. The summed E-state index contributed by atoms with van der Waals surface area (Å²) in [6.45, 7) is 7.00. The van der Waals surface area contributed by atoms with Gasteiger partial charge in [0.05, 0.1) is 24.8 Å². The summed E-state index contributed by atoms with van der Waals surface area (Å²) in [4.78, 5) is 28.6. The molecule has 1 unspecified atom stereocenters. The molecule has 1 atom stereocenters. The Morgan fingerprint density at radius 3 is 2.19 bits per heavy atom. The van der Waals surface area contributed by atoms with Gasteiger partial charge in [-0.2, -0.15) is 0 Å². The fourth-order valence-corrected chi connectivity index (χ4v) is 5.07. The van der Waals surface area contributed by atoms with Crippen molar-refractivity contribution in [1.29, 1.82) is 0 Å². The van der Waals surface area contributed by atoms with Gasteiger partial charge in [-0.3, -0.25) is 14.5 Å². The van der Waals surface area contributed by atoms with E-state index in [9.17, 15) is 14.7 Å². The number of carbonyl (C=O) groups is 2. The number of rotatable bonds is 10. The van der Waals surface area contributed by atoms with Gasteiger partial charge in [-0.05, 0) is 79.9 Å². The average molecular weight is 564 g/mol. The van der Waals surface area contributed by atoms with Crippen molar-refractivity contribution in [3.63, 3.8) is 0 Å². The Balaban J connectivity index is 1.56. The topological polar surface area (TPSA) is 85.3 Å². The second-order valence-corrected chi connectivity index (χ2v) is 9.86. The predicted molar refractivity (Wildman–Crippen MR) is 162 cm³/mol. The van der Waals surface area contributed by atoms with Crippen LogP contribution in [0, 0.1) is 6.92 Å². The van der Waals surface area contributed by atoms with Crippen LogP contribution in [0.5, 0.6) is 17.2 Å². The number of anilines is 1. The number of hydrogen-bond acceptors (Lipinski definition) is 6. The first-order valence-corrected chi connectivity index (χ1v) is 14.0. The summed E-state index contributed by atoms with van der Waals surface area (Å²) in [6, 6.07) is 28.4. The van der Waals surface area contributed by atoms with E-state index in [0.29, 0.717) is 53.9 Å². The van der Waals surface area contributed by atoms with Crippen molar-refractivity contribution in [3.05, 3.63) is 125 Å². The van der Waals surface area contributed by atoms with Crippen LogP contribution >= 0.6 is 0 Å². The van der Waals surface area contributed by atoms with E-state index in [2.05, 4.69) is 0 Å². The molecular formula is C35H33NO6. The zero-order valence-corrected chi connectivity index (χ0v) is 23.9. The molecular weight excluding hydrogens is 530 g/mol. The van der Waals surface area contributed by atoms with Crippen molar-refractivity contribution in [2.75, 3.05) is 18.1 Å². The van der Waals surface area contributed by atoms with E-state index in [1.165, 1.54) is 4.90 Å². The Labute approximate surface area is 245 Å². The van der Waals surface area contributed by atoms with Crippen LogP contribution in [0.1, 0.15) is 42.1 Å². The molecule has 1 saturated heterocycles. The smallest absolute Gasteiger partial charge is 0.300 e. The van der Waals surface area contributed by atoms with Crippen LogP contribution in [0.3, 0.4) is 0 Å². The summed E-state index contributed by atoms with van der Waals surface area (Å²) < 4.78 is 17.3. The van der Waals surface area contributed by atoms with Crippen LogP contribution in [0.15, 0.2) is 103 Å². The highest BCUT2D eigenvalue weighted by molar-refractivity contribution is 6.51. The van der Waals surface area contributed by atoms with Gasteiger partial charge in [-0.1, -0.05) is 48.5 Å². The van der Waals surface area contributed by atoms with Crippen molar-refractivity contribution in [2.45, 2.75) is 33.4 Å². The normalized spacial score (nSPS) is 16.0. The minimum absolute atomic E-state index is 0.00308. The molecule has 0 radical (unpaired) electrons. The Morgan fingerprint density at radius 2 is 1.50 bits per heavy atom. The molecule has 214 valence electrons. The lowest BCUT2D eigenvalue weighted by Gasteiger charge is -2.26. The number of carbonyl (C=O) groups excluding carboxylic acids is 2. The maximum Gasteiger partial charge on any atom is 0.300 e. The summed E-state index contributed by atoms with van der Waals surface area (Å²) >= 11 is 0. The van der Waals surface area contributed by atoms with Crippen LogP contribution in [0.25, 0.3) is 5.76 Å². The molecule has 5 rings (SSSR count). The molecule has 1 aliphatic heterocycles. The van der Waals surface area contributed by atoms with Gasteiger partial charge in [0.2, 0.25) is 0 Å². The van der Waals surface area contributed by atoms with E-state index in [4.69, 9.17) is 14.2 Å². The van der Waals surface area contributed by atoms with Gasteiger partial charge in [0.15, 0.2) is 0 Å². The zero-order valence-electron chi connectivity index (χ0n) is 23.9. The van der Waals surface area contributed by atoms with Crippen molar-refractivity contribution in [3.8, 4) is 17.2 Å². The molecule has 42 heavy (non-hydrogen) atoms. The lowest BCUT2D eigenvalue weighted by molar-refractivity contribution is -0.132. The lowest BCUT2D eigenvalue weighted by atomic mass is 9.94. The van der Waals surface area contributed by atoms with Gasteiger partial charge in [-0.25, -0.2) is 0 Å². The van der Waals surface area contributed by atoms with Crippen LogP contribution in [0.2, 0.25) is 0 Å². The molecule has 0 bridgehead atoms. The molecule has 0 aliphatic carbocycles. The van der Waals surface area contributed by atoms with Gasteiger partial charge in [-0.15, -0.1) is 0 Å². The lowest BCUT2D eigenvalue weighted by Crippen LogP contribution is -2.29. The molecule has 1 N–H and O–H groups in total. The molecule has 1 fully saturated rings. The minimum Gasteiger partial charge on any atom is -0.507 e. The standard InChI is InChI=1S/C35H33NO6/c1-4-40-28-17-14-25(15-18-28)32-31(34(38)35(39)36(32)27-12-9-13-29(21-27)41-5-2)33(37)26-16-19-30(23(3)20-26)42-22-24-10-7-6-8-11-24/h6-21,32,37H,4-5,22H2,1-3H3/b33-31+. The summed E-state index contributed by atoms with van der Waals surface area (Å²) in [7, 11) is 0. The Morgan fingerprint density at radius 1 is 0.786 bits per heavy atom. The number of aliphatic hydroxyl groups is 1. The highest BCUT2D eigenvalue weighted by Crippen LogP contribution is 2.43. The number of ether oxygens (including phenoxy) is 3. The molecule has 4 aromatic rings.